The van der Waals surface area contributed by atoms with Crippen molar-refractivity contribution in [2.75, 3.05) is 228 Å². The van der Waals surface area contributed by atoms with E-state index in [0.717, 1.165) is 107 Å². The second-order valence-electron chi connectivity index (χ2n) is 33.6. The fourth-order valence-electron chi connectivity index (χ4n) is 17.0. The van der Waals surface area contributed by atoms with Gasteiger partial charge in [0.05, 0.1) is 147 Å². The first kappa shape index (κ1) is 103. The van der Waals surface area contributed by atoms with Crippen LogP contribution in [-0.4, -0.2) is 265 Å². The molecule has 1 N–H and O–H groups in total. The van der Waals surface area contributed by atoms with E-state index >= 15 is 0 Å². The molecular weight excluding hydrogens is 1630 g/mol. The second kappa shape index (κ2) is 49.4. The molecule has 25 nitrogen and oxygen atoms in total. The summed E-state index contributed by atoms with van der Waals surface area (Å²) in [4.78, 5) is 6.46. The zero-order chi connectivity index (χ0) is 89.0. The molecule has 0 saturated heterocycles. The summed E-state index contributed by atoms with van der Waals surface area (Å²) in [5.41, 5.74) is 19.0. The van der Waals surface area contributed by atoms with Crippen molar-refractivity contribution in [3.05, 3.63) is 200 Å². The molecule has 0 atom stereocenters. The number of nitrogens with zero attached hydrogens (tertiary/aromatic N) is 5. The molecule has 1 fully saturated rings. The number of allylic oxidation sites excluding steroid dienone is 15. The number of fused-ring (bicyclic) bond motifs is 4. The molecule has 0 bridgehead atoms. The summed E-state index contributed by atoms with van der Waals surface area (Å²) in [6.07, 6.45) is 23.9. The predicted molar refractivity (Wildman–Crippen MR) is 481 cm³/mol. The third kappa shape index (κ3) is 27.1. The minimum absolute atomic E-state index is 0. The third-order valence-corrected chi connectivity index (χ3v) is 25.1. The van der Waals surface area contributed by atoms with Gasteiger partial charge in [-0.05, 0) is 167 Å². The molecule has 2 aliphatic carbocycles. The van der Waals surface area contributed by atoms with Gasteiger partial charge < -0.3 is 90.5 Å². The molecular formula is C96H137N5NaO20S2+. The Labute approximate surface area is 761 Å². The number of anilines is 3. The minimum Gasteiger partial charge on any atom is -0.744 e. The Balaban J connectivity index is 0.000000305. The smallest absolute Gasteiger partial charge is 0.744 e. The van der Waals surface area contributed by atoms with Crippen molar-refractivity contribution in [1.82, 2.24) is 0 Å². The van der Waals surface area contributed by atoms with E-state index in [2.05, 4.69) is 185 Å². The average molecular weight is 1770 g/mol. The van der Waals surface area contributed by atoms with Crippen molar-refractivity contribution in [3.8, 4) is 0 Å². The molecule has 4 heterocycles. The number of methoxy groups -OCH3 is 4. The summed E-state index contributed by atoms with van der Waals surface area (Å²) in [5.74, 6) is 0.908. The fraction of sp³-hybridized carbons (Fsp3) is 0.562. The fourth-order valence-corrected chi connectivity index (χ4v) is 18.0. The van der Waals surface area contributed by atoms with Crippen LogP contribution in [0.15, 0.2) is 176 Å². The van der Waals surface area contributed by atoms with Crippen LogP contribution in [0.4, 0.5) is 22.7 Å². The zero-order valence-electron chi connectivity index (χ0n) is 76.8. The maximum Gasteiger partial charge on any atom is 1.00 e. The van der Waals surface area contributed by atoms with E-state index in [9.17, 15) is 31.0 Å². The van der Waals surface area contributed by atoms with Gasteiger partial charge in [-0.25, -0.2) is 21.4 Å². The van der Waals surface area contributed by atoms with Crippen LogP contribution in [0.25, 0.3) is 0 Å². The van der Waals surface area contributed by atoms with Crippen molar-refractivity contribution in [2.24, 2.45) is 0 Å². The Morgan fingerprint density at radius 1 is 0.444 bits per heavy atom. The van der Waals surface area contributed by atoms with E-state index in [1.807, 2.05) is 7.05 Å². The quantitative estimate of drug-likeness (QED) is 0.0186. The Bertz CT molecular complexity index is 4770. The number of hydrogen-bond donors (Lipinski definition) is 1. The molecule has 1 saturated carbocycles. The minimum atomic E-state index is -4.66. The van der Waals surface area contributed by atoms with Crippen LogP contribution in [-0.2, 0) is 103 Å². The summed E-state index contributed by atoms with van der Waals surface area (Å²) in [6.45, 7) is 37.3. The second-order valence-corrected chi connectivity index (χ2v) is 36.4. The van der Waals surface area contributed by atoms with Crippen molar-refractivity contribution >= 4 is 54.4 Å². The molecule has 10 rings (SSSR count). The summed E-state index contributed by atoms with van der Waals surface area (Å²) < 4.78 is 150. The van der Waals surface area contributed by atoms with Gasteiger partial charge in [-0.15, -0.1) is 0 Å². The number of ether oxygens (including phenoxy) is 13. The zero-order valence-corrected chi connectivity index (χ0v) is 80.5. The van der Waals surface area contributed by atoms with E-state index < -0.39 is 31.1 Å². The summed E-state index contributed by atoms with van der Waals surface area (Å²) in [6, 6.07) is 22.7. The molecule has 124 heavy (non-hydrogen) atoms. The Hall–Kier alpha value is -6.36. The standard InChI is InChI=1S/C48H69N3O10S.C48H68N2O10S.Na/c1-36-12-16-42-40(34-36)47(2,3)44(50(42)21-24-58-30-32-60-28-26-56-7)18-13-37-10-9-11-38(46(37)49(6)20-23-52)14-19-45-48(4,5)41-35-39(62(53,54)55)15-17-43(41)51(45)22-25-59-31-33-61-29-27-57-8;1-9-23-60-46-37(14-19-44-47(3,4)40-34-36(2)13-17-42(40)49(44)21-24-56-30-32-58-28-26-54-7)11-10-12-38(46)15-20-45-48(5,6)41-35-39(61(51,52)53)16-18-43(41)50(45)22-25-57-31-33-59-29-27-55-8;/h12-19,34-35,52H,9-11,20-33H2,1-8H3;13-20,34-35H,9-12,21-33H2,1-8H3;/q;;+1. The first-order valence-corrected chi connectivity index (χ1v) is 46.2. The monoisotopic (exact) mass is 1770 g/mol. The van der Waals surface area contributed by atoms with Gasteiger partial charge in [0, 0.05) is 127 Å². The largest absolute Gasteiger partial charge is 1.00 e. The average Bonchev–Trinajstić information content (AvgIpc) is 1.60. The number of likely N-dealkylation sites (N-methyl/N-ethyl adjacent to an activating group) is 1. The summed E-state index contributed by atoms with van der Waals surface area (Å²) >= 11 is 0. The number of benzene rings is 4. The number of aryl methyl sites for hydroxylation is 2. The van der Waals surface area contributed by atoms with Crippen molar-refractivity contribution in [1.29, 1.82) is 0 Å². The van der Waals surface area contributed by atoms with Crippen LogP contribution >= 0.6 is 0 Å². The Morgan fingerprint density at radius 3 is 1.22 bits per heavy atom. The van der Waals surface area contributed by atoms with Crippen LogP contribution in [0, 0.1) is 13.8 Å². The molecule has 4 aromatic rings. The van der Waals surface area contributed by atoms with Crippen LogP contribution < -0.4 is 44.3 Å². The molecule has 4 aromatic carbocycles. The topological polar surface area (TPSA) is 270 Å². The Kier molecular flexibility index (Phi) is 41.1. The van der Waals surface area contributed by atoms with Gasteiger partial charge in [-0.1, -0.05) is 102 Å². The maximum atomic E-state index is 12.1. The van der Waals surface area contributed by atoms with Gasteiger partial charge in [-0.3, -0.25) is 0 Å². The van der Waals surface area contributed by atoms with Gasteiger partial charge in [0.2, 0.25) is 11.4 Å². The van der Waals surface area contributed by atoms with Gasteiger partial charge in [0.1, 0.15) is 46.3 Å². The van der Waals surface area contributed by atoms with Gasteiger partial charge in [0.15, 0.2) is 18.8 Å². The molecule has 0 unspecified atom stereocenters. The predicted octanol–water partition coefficient (Wildman–Crippen LogP) is 10.7. The van der Waals surface area contributed by atoms with E-state index in [0.29, 0.717) is 171 Å². The molecule has 0 amide bonds. The SMILES string of the molecule is CCCOC1=C(C=CC2=[N+](CCOCCOCCOC)c3ccc(S(=O)(=O)[O-])cc3C2(C)C)CCCC1=CC=C1N(CCOCCOCCOC)c2ccc(C)cc2C1(C)C.COCCOCCOCCN1C(=CC=C2CCC/C(=C\C=C3\N(CCOCCOCCOC)c4ccc(S(=O)(=O)[O-])cc4C3(C)C)C2=[N+](C)CCO)C(C)(C)c2cc(C)ccc21.[Na+]. The van der Waals surface area contributed by atoms with Crippen LogP contribution in [0.3, 0.4) is 0 Å². The first-order valence-electron chi connectivity index (χ1n) is 43.4. The molecule has 0 spiro atoms. The molecule has 0 radical (unpaired) electrons. The molecule has 4 aliphatic heterocycles. The number of aliphatic hydroxyl groups is 1. The third-order valence-electron chi connectivity index (χ3n) is 23.5. The van der Waals surface area contributed by atoms with E-state index in [4.69, 9.17) is 61.6 Å². The maximum absolute atomic E-state index is 12.1. The van der Waals surface area contributed by atoms with Crippen LogP contribution in [0.2, 0.25) is 0 Å². The van der Waals surface area contributed by atoms with E-state index in [1.165, 1.54) is 74.9 Å². The Morgan fingerprint density at radius 2 is 0.806 bits per heavy atom. The normalized spacial score (nSPS) is 19.4. The number of aliphatic hydroxyl groups excluding tert-OH is 1. The first-order chi connectivity index (χ1) is 58.9. The molecule has 28 heteroatoms. The van der Waals surface area contributed by atoms with E-state index in [1.54, 1.807) is 40.6 Å². The molecule has 0 aromatic heterocycles. The number of rotatable bonds is 48. The van der Waals surface area contributed by atoms with Crippen molar-refractivity contribution in [3.63, 3.8) is 0 Å². The van der Waals surface area contributed by atoms with Crippen molar-refractivity contribution < 1.29 is 131 Å². The van der Waals surface area contributed by atoms with Gasteiger partial charge >= 0.3 is 29.6 Å². The summed E-state index contributed by atoms with van der Waals surface area (Å²) in [5, 5.41) is 10.2. The number of hydrogen-bond acceptors (Lipinski definition) is 23. The van der Waals surface area contributed by atoms with Gasteiger partial charge in [-0.2, -0.15) is 4.58 Å². The van der Waals surface area contributed by atoms with Crippen LogP contribution in [0.5, 0.6) is 0 Å². The molecule has 678 valence electrons. The summed E-state index contributed by atoms with van der Waals surface area (Å²) in [7, 11) is -0.671. The molecule has 6 aliphatic rings. The van der Waals surface area contributed by atoms with Crippen LogP contribution in [0.1, 0.15) is 141 Å². The van der Waals surface area contributed by atoms with Gasteiger partial charge in [0.25, 0.3) is 0 Å². The van der Waals surface area contributed by atoms with E-state index in [-0.39, 0.29) is 56.8 Å². The van der Waals surface area contributed by atoms with Crippen molar-refractivity contribution in [2.45, 2.75) is 153 Å².